The Labute approximate surface area is 145 Å². The van der Waals surface area contributed by atoms with Gasteiger partial charge in [0.2, 0.25) is 11.8 Å². The number of aryl methyl sites for hydroxylation is 3. The van der Waals surface area contributed by atoms with Gasteiger partial charge in [-0.2, -0.15) is 0 Å². The Bertz CT molecular complexity index is 921. The predicted molar refractivity (Wildman–Crippen MR) is 93.2 cm³/mol. The molecule has 0 saturated carbocycles. The molecule has 0 aliphatic rings. The fraction of sp³-hybridized carbons (Fsp3) is 0.353. The van der Waals surface area contributed by atoms with Gasteiger partial charge < -0.3 is 14.6 Å². The lowest BCUT2D eigenvalue weighted by Gasteiger charge is -2.16. The number of hydrogen-bond acceptors (Lipinski definition) is 6. The van der Waals surface area contributed by atoms with Gasteiger partial charge >= 0.3 is 6.03 Å². The van der Waals surface area contributed by atoms with Crippen molar-refractivity contribution in [1.29, 1.82) is 0 Å². The predicted octanol–water partition coefficient (Wildman–Crippen LogP) is 2.86. The maximum atomic E-state index is 12.3. The first-order valence-electron chi connectivity index (χ1n) is 8.04. The maximum absolute atomic E-state index is 12.3. The van der Waals surface area contributed by atoms with Gasteiger partial charge in [0.15, 0.2) is 0 Å². The second kappa shape index (κ2) is 6.84. The summed E-state index contributed by atoms with van der Waals surface area (Å²) >= 11 is 0. The van der Waals surface area contributed by atoms with Crippen molar-refractivity contribution in [2.75, 3.05) is 12.4 Å². The Hall–Kier alpha value is -3.03. The summed E-state index contributed by atoms with van der Waals surface area (Å²) in [6, 6.07) is 5.19. The monoisotopic (exact) mass is 340 g/mol. The summed E-state index contributed by atoms with van der Waals surface area (Å²) in [4.78, 5) is 22.8. The number of benzene rings is 1. The number of aromatic nitrogens is 4. The first kappa shape index (κ1) is 16.8. The number of nitrogens with zero attached hydrogens (tertiary/aromatic N) is 5. The number of urea groups is 1. The quantitative estimate of drug-likeness (QED) is 0.784. The Morgan fingerprint density at radius 2 is 1.80 bits per heavy atom. The van der Waals surface area contributed by atoms with Crippen LogP contribution in [0.15, 0.2) is 22.6 Å². The molecule has 1 aromatic carbocycles. The van der Waals surface area contributed by atoms with Gasteiger partial charge in [-0.3, -0.25) is 0 Å². The molecule has 1 N–H and O–H groups in total. The van der Waals surface area contributed by atoms with Crippen molar-refractivity contribution in [2.45, 2.75) is 33.7 Å². The molecule has 0 unspecified atom stereocenters. The minimum absolute atomic E-state index is 0.241. The molecule has 8 nitrogen and oxygen atoms in total. The van der Waals surface area contributed by atoms with E-state index in [1.165, 1.54) is 4.90 Å². The summed E-state index contributed by atoms with van der Waals surface area (Å²) in [5.74, 6) is 0.965. The van der Waals surface area contributed by atoms with E-state index in [0.717, 1.165) is 22.4 Å². The van der Waals surface area contributed by atoms with Crippen molar-refractivity contribution in [1.82, 2.24) is 25.1 Å². The van der Waals surface area contributed by atoms with Crippen molar-refractivity contribution in [3.8, 4) is 0 Å². The summed E-state index contributed by atoms with van der Waals surface area (Å²) in [6.45, 7) is 6.01. The third kappa shape index (κ3) is 3.73. The Balaban J connectivity index is 1.71. The first-order chi connectivity index (χ1) is 12.0. The number of fused-ring (bicyclic) bond motifs is 1. The minimum atomic E-state index is -0.271. The average molecular weight is 340 g/mol. The SMILES string of the molecule is CCc1nnc(CN(C)C(=O)Nc2ccc3nc(C)c(C)nc3c2)o1. The van der Waals surface area contributed by atoms with E-state index in [9.17, 15) is 4.79 Å². The van der Waals surface area contributed by atoms with Crippen LogP contribution in [-0.4, -0.2) is 38.1 Å². The number of hydrogen-bond donors (Lipinski definition) is 1. The van der Waals surface area contributed by atoms with Gasteiger partial charge in [0.05, 0.1) is 22.4 Å². The molecule has 0 bridgehead atoms. The maximum Gasteiger partial charge on any atom is 0.322 e. The van der Waals surface area contributed by atoms with Gasteiger partial charge in [-0.05, 0) is 32.0 Å². The van der Waals surface area contributed by atoms with Gasteiger partial charge in [0, 0.05) is 19.2 Å². The molecule has 2 amide bonds. The zero-order chi connectivity index (χ0) is 18.0. The molecule has 2 heterocycles. The van der Waals surface area contributed by atoms with Crippen molar-refractivity contribution in [3.63, 3.8) is 0 Å². The average Bonchev–Trinajstić information content (AvgIpc) is 3.03. The number of anilines is 1. The van der Waals surface area contributed by atoms with E-state index < -0.39 is 0 Å². The van der Waals surface area contributed by atoms with E-state index in [-0.39, 0.29) is 12.6 Å². The molecule has 0 aliphatic heterocycles. The lowest BCUT2D eigenvalue weighted by Crippen LogP contribution is -2.30. The van der Waals surface area contributed by atoms with Crippen LogP contribution in [0.4, 0.5) is 10.5 Å². The third-order valence-corrected chi connectivity index (χ3v) is 3.86. The zero-order valence-electron chi connectivity index (χ0n) is 14.7. The van der Waals surface area contributed by atoms with Crippen molar-refractivity contribution in [2.24, 2.45) is 0 Å². The van der Waals surface area contributed by atoms with Crippen molar-refractivity contribution >= 4 is 22.8 Å². The van der Waals surface area contributed by atoms with E-state index in [2.05, 4.69) is 25.5 Å². The van der Waals surface area contributed by atoms with E-state index in [1.807, 2.05) is 32.9 Å². The highest BCUT2D eigenvalue weighted by Crippen LogP contribution is 2.18. The van der Waals surface area contributed by atoms with Crippen LogP contribution in [-0.2, 0) is 13.0 Å². The molecule has 0 atom stereocenters. The largest absolute Gasteiger partial charge is 0.423 e. The summed E-state index contributed by atoms with van der Waals surface area (Å²) < 4.78 is 5.42. The number of rotatable bonds is 4. The number of carbonyl (C=O) groups is 1. The minimum Gasteiger partial charge on any atom is -0.423 e. The van der Waals surface area contributed by atoms with Gasteiger partial charge in [-0.15, -0.1) is 10.2 Å². The molecule has 3 rings (SSSR count). The van der Waals surface area contributed by atoms with Crippen LogP contribution in [0.3, 0.4) is 0 Å². The smallest absolute Gasteiger partial charge is 0.322 e. The Morgan fingerprint density at radius 1 is 1.12 bits per heavy atom. The molecule has 130 valence electrons. The third-order valence-electron chi connectivity index (χ3n) is 3.86. The zero-order valence-corrected chi connectivity index (χ0v) is 14.7. The van der Waals surface area contributed by atoms with Crippen LogP contribution < -0.4 is 5.32 Å². The molecular formula is C17H20N6O2. The topological polar surface area (TPSA) is 97.0 Å². The fourth-order valence-corrected chi connectivity index (χ4v) is 2.30. The molecule has 0 aliphatic carbocycles. The summed E-state index contributed by atoms with van der Waals surface area (Å²) in [5, 5.41) is 10.6. The molecule has 0 fully saturated rings. The highest BCUT2D eigenvalue weighted by atomic mass is 16.4. The normalized spacial score (nSPS) is 10.9. The van der Waals surface area contributed by atoms with Gasteiger partial charge in [-0.1, -0.05) is 6.92 Å². The highest BCUT2D eigenvalue weighted by Gasteiger charge is 2.14. The van der Waals surface area contributed by atoms with E-state index in [0.29, 0.717) is 23.9 Å². The Kier molecular flexibility index (Phi) is 4.60. The summed E-state index contributed by atoms with van der Waals surface area (Å²) in [7, 11) is 1.67. The van der Waals surface area contributed by atoms with E-state index >= 15 is 0 Å². The molecule has 0 spiro atoms. The molecule has 0 radical (unpaired) electrons. The molecule has 2 aromatic heterocycles. The van der Waals surface area contributed by atoms with E-state index in [1.54, 1.807) is 13.1 Å². The van der Waals surface area contributed by atoms with Crippen LogP contribution in [0.2, 0.25) is 0 Å². The van der Waals surface area contributed by atoms with Crippen LogP contribution in [0.1, 0.15) is 30.1 Å². The van der Waals surface area contributed by atoms with Crippen LogP contribution >= 0.6 is 0 Å². The number of nitrogens with one attached hydrogen (secondary N) is 1. The van der Waals surface area contributed by atoms with Crippen molar-refractivity contribution < 1.29 is 9.21 Å². The second-order valence-electron chi connectivity index (χ2n) is 5.83. The lowest BCUT2D eigenvalue weighted by atomic mass is 10.2. The highest BCUT2D eigenvalue weighted by molar-refractivity contribution is 5.91. The molecule has 25 heavy (non-hydrogen) atoms. The van der Waals surface area contributed by atoms with Crippen LogP contribution in [0.5, 0.6) is 0 Å². The molecular weight excluding hydrogens is 320 g/mol. The summed E-state index contributed by atoms with van der Waals surface area (Å²) in [5.41, 5.74) is 3.97. The lowest BCUT2D eigenvalue weighted by molar-refractivity contribution is 0.215. The van der Waals surface area contributed by atoms with Gasteiger partial charge in [-0.25, -0.2) is 14.8 Å². The van der Waals surface area contributed by atoms with Crippen LogP contribution in [0.25, 0.3) is 11.0 Å². The molecule has 3 aromatic rings. The van der Waals surface area contributed by atoms with Crippen molar-refractivity contribution in [3.05, 3.63) is 41.4 Å². The Morgan fingerprint density at radius 3 is 2.48 bits per heavy atom. The first-order valence-corrected chi connectivity index (χ1v) is 8.04. The second-order valence-corrected chi connectivity index (χ2v) is 5.83. The standard InChI is InChI=1S/C17H20N6O2/c1-5-15-21-22-16(25-15)9-23(4)17(24)20-12-6-7-13-14(8-12)19-11(3)10(2)18-13/h6-8H,5,9H2,1-4H3,(H,20,24). The van der Waals surface area contributed by atoms with Gasteiger partial charge in [0.1, 0.15) is 6.54 Å². The number of carbonyl (C=O) groups excluding carboxylic acids is 1. The van der Waals surface area contributed by atoms with Gasteiger partial charge in [0.25, 0.3) is 0 Å². The molecule has 0 saturated heterocycles. The molecule has 8 heteroatoms. The number of amides is 2. The fourth-order valence-electron chi connectivity index (χ4n) is 2.30. The summed E-state index contributed by atoms with van der Waals surface area (Å²) in [6.07, 6.45) is 0.667. The van der Waals surface area contributed by atoms with Crippen LogP contribution in [0, 0.1) is 13.8 Å². The van der Waals surface area contributed by atoms with E-state index in [4.69, 9.17) is 4.42 Å².